The molecule has 3 aromatic rings. The van der Waals surface area contributed by atoms with Gasteiger partial charge in [0.05, 0.1) is 16.4 Å². The number of nitrogens with one attached hydrogen (secondary N) is 1. The second-order valence-corrected chi connectivity index (χ2v) is 5.78. The van der Waals surface area contributed by atoms with Gasteiger partial charge in [0.1, 0.15) is 5.82 Å². The van der Waals surface area contributed by atoms with E-state index in [1.165, 1.54) is 0 Å². The highest BCUT2D eigenvalue weighted by molar-refractivity contribution is 7.09. The maximum absolute atomic E-state index is 4.43. The lowest BCUT2D eigenvalue weighted by molar-refractivity contribution is 0.802. The monoisotopic (exact) mass is 300 g/mol. The van der Waals surface area contributed by atoms with Gasteiger partial charge in [-0.25, -0.2) is 9.67 Å². The van der Waals surface area contributed by atoms with Gasteiger partial charge in [-0.05, 0) is 32.0 Å². The minimum atomic E-state index is 0.712. The molecule has 0 aliphatic heterocycles. The Morgan fingerprint density at radius 1 is 1.19 bits per heavy atom. The van der Waals surface area contributed by atoms with Crippen molar-refractivity contribution in [2.75, 3.05) is 11.9 Å². The molecule has 0 spiro atoms. The summed E-state index contributed by atoms with van der Waals surface area (Å²) in [4.78, 5) is 4.43. The number of aryl methyl sites for hydroxylation is 2. The van der Waals surface area contributed by atoms with E-state index in [2.05, 4.69) is 31.0 Å². The molecule has 3 rings (SSSR count). The molecule has 6 nitrogen and oxygen atoms in total. The number of hydrogen-bond acceptors (Lipinski definition) is 6. The van der Waals surface area contributed by atoms with Crippen molar-refractivity contribution in [2.45, 2.75) is 20.3 Å². The van der Waals surface area contributed by atoms with Gasteiger partial charge in [0.15, 0.2) is 5.82 Å². The fourth-order valence-corrected chi connectivity index (χ4v) is 2.57. The predicted molar refractivity (Wildman–Crippen MR) is 82.9 cm³/mol. The normalized spacial score (nSPS) is 10.8. The van der Waals surface area contributed by atoms with Gasteiger partial charge in [0.25, 0.3) is 0 Å². The van der Waals surface area contributed by atoms with Gasteiger partial charge in [-0.3, -0.25) is 0 Å². The topological polar surface area (TPSA) is 68.5 Å². The molecular weight excluding hydrogens is 284 g/mol. The maximum atomic E-state index is 4.43. The number of thiazole rings is 1. The van der Waals surface area contributed by atoms with Crippen LogP contribution in [0.2, 0.25) is 0 Å². The van der Waals surface area contributed by atoms with E-state index in [0.717, 1.165) is 35.2 Å². The number of rotatable bonds is 5. The van der Waals surface area contributed by atoms with E-state index >= 15 is 0 Å². The molecule has 0 saturated carbocycles. The van der Waals surface area contributed by atoms with E-state index < -0.39 is 0 Å². The number of nitrogens with zero attached hydrogens (tertiary/aromatic N) is 5. The van der Waals surface area contributed by atoms with Crippen molar-refractivity contribution in [3.63, 3.8) is 0 Å². The van der Waals surface area contributed by atoms with Crippen molar-refractivity contribution in [1.82, 2.24) is 25.0 Å². The standard InChI is InChI=1S/C14H16N6S/c1-10-6-8-20(19-10)14-4-3-13(17-18-14)15-7-5-12-9-21-11(2)16-12/h3-4,6,8-9H,5,7H2,1-2H3,(H,15,17). The molecule has 3 heterocycles. The minimum Gasteiger partial charge on any atom is -0.368 e. The van der Waals surface area contributed by atoms with Crippen LogP contribution in [0, 0.1) is 13.8 Å². The number of anilines is 1. The fourth-order valence-electron chi connectivity index (χ4n) is 1.93. The molecule has 0 unspecified atom stereocenters. The van der Waals surface area contributed by atoms with Crippen molar-refractivity contribution >= 4 is 17.2 Å². The van der Waals surface area contributed by atoms with E-state index in [9.17, 15) is 0 Å². The van der Waals surface area contributed by atoms with Crippen LogP contribution in [0.1, 0.15) is 16.4 Å². The molecule has 0 saturated heterocycles. The molecule has 3 aromatic heterocycles. The first kappa shape index (κ1) is 13.7. The summed E-state index contributed by atoms with van der Waals surface area (Å²) in [6, 6.07) is 5.74. The second-order valence-electron chi connectivity index (χ2n) is 4.71. The lowest BCUT2D eigenvalue weighted by Gasteiger charge is -2.04. The third kappa shape index (κ3) is 3.43. The second kappa shape index (κ2) is 6.01. The molecule has 0 aliphatic carbocycles. The Morgan fingerprint density at radius 3 is 2.71 bits per heavy atom. The van der Waals surface area contributed by atoms with E-state index in [1.807, 2.05) is 38.2 Å². The molecule has 0 amide bonds. The van der Waals surface area contributed by atoms with Gasteiger partial charge in [0.2, 0.25) is 0 Å². The summed E-state index contributed by atoms with van der Waals surface area (Å²) in [6.07, 6.45) is 2.75. The largest absolute Gasteiger partial charge is 0.368 e. The average molecular weight is 300 g/mol. The highest BCUT2D eigenvalue weighted by Crippen LogP contribution is 2.10. The van der Waals surface area contributed by atoms with Gasteiger partial charge in [-0.15, -0.1) is 21.5 Å². The van der Waals surface area contributed by atoms with Crippen LogP contribution in [0.3, 0.4) is 0 Å². The Morgan fingerprint density at radius 2 is 2.10 bits per heavy atom. The summed E-state index contributed by atoms with van der Waals surface area (Å²) < 4.78 is 1.71. The van der Waals surface area contributed by atoms with E-state index in [0.29, 0.717) is 5.82 Å². The van der Waals surface area contributed by atoms with Crippen LogP contribution >= 0.6 is 11.3 Å². The third-order valence-electron chi connectivity index (χ3n) is 2.96. The van der Waals surface area contributed by atoms with Crippen LogP contribution in [-0.4, -0.2) is 31.5 Å². The molecule has 0 aliphatic rings. The van der Waals surface area contributed by atoms with Gasteiger partial charge in [0, 0.05) is 24.5 Å². The Bertz CT molecular complexity index is 715. The quantitative estimate of drug-likeness (QED) is 0.783. The minimum absolute atomic E-state index is 0.712. The molecule has 0 atom stereocenters. The van der Waals surface area contributed by atoms with Crippen LogP contribution < -0.4 is 5.32 Å². The van der Waals surface area contributed by atoms with Crippen LogP contribution in [0.15, 0.2) is 29.8 Å². The molecule has 7 heteroatoms. The summed E-state index contributed by atoms with van der Waals surface area (Å²) in [5, 5.41) is 19.1. The van der Waals surface area contributed by atoms with E-state index in [-0.39, 0.29) is 0 Å². The van der Waals surface area contributed by atoms with Crippen molar-refractivity contribution in [3.8, 4) is 5.82 Å². The van der Waals surface area contributed by atoms with Gasteiger partial charge in [-0.1, -0.05) is 0 Å². The molecule has 1 N–H and O–H groups in total. The van der Waals surface area contributed by atoms with Gasteiger partial charge >= 0.3 is 0 Å². The summed E-state index contributed by atoms with van der Waals surface area (Å²) in [5.41, 5.74) is 2.07. The molecule has 0 bridgehead atoms. The first-order valence-corrected chi connectivity index (χ1v) is 7.60. The summed E-state index contributed by atoms with van der Waals surface area (Å²) in [7, 11) is 0. The third-order valence-corrected chi connectivity index (χ3v) is 3.78. The van der Waals surface area contributed by atoms with Crippen LogP contribution in [0.5, 0.6) is 0 Å². The zero-order valence-electron chi connectivity index (χ0n) is 11.9. The Labute approximate surface area is 126 Å². The summed E-state index contributed by atoms with van der Waals surface area (Å²) in [6.45, 7) is 4.75. The Hall–Kier alpha value is -2.28. The van der Waals surface area contributed by atoms with Gasteiger partial charge in [-0.2, -0.15) is 5.10 Å². The fraction of sp³-hybridized carbons (Fsp3) is 0.286. The number of hydrogen-bond donors (Lipinski definition) is 1. The van der Waals surface area contributed by atoms with Crippen LogP contribution in [0.25, 0.3) is 5.82 Å². The summed E-state index contributed by atoms with van der Waals surface area (Å²) >= 11 is 1.68. The highest BCUT2D eigenvalue weighted by Gasteiger charge is 2.02. The van der Waals surface area contributed by atoms with Crippen LogP contribution in [-0.2, 0) is 6.42 Å². The van der Waals surface area contributed by atoms with Crippen molar-refractivity contribution in [2.24, 2.45) is 0 Å². The zero-order chi connectivity index (χ0) is 14.7. The van der Waals surface area contributed by atoms with Gasteiger partial charge < -0.3 is 5.32 Å². The first-order valence-electron chi connectivity index (χ1n) is 6.72. The van der Waals surface area contributed by atoms with Crippen molar-refractivity contribution < 1.29 is 0 Å². The number of aromatic nitrogens is 5. The van der Waals surface area contributed by atoms with E-state index in [1.54, 1.807) is 16.0 Å². The lowest BCUT2D eigenvalue weighted by Crippen LogP contribution is -2.08. The molecule has 0 fully saturated rings. The summed E-state index contributed by atoms with van der Waals surface area (Å²) in [5.74, 6) is 1.47. The predicted octanol–water partition coefficient (Wildman–Crippen LogP) is 2.39. The lowest BCUT2D eigenvalue weighted by atomic mass is 10.3. The SMILES string of the molecule is Cc1ccn(-c2ccc(NCCc3csc(C)n3)nn2)n1. The molecule has 108 valence electrons. The van der Waals surface area contributed by atoms with Crippen molar-refractivity contribution in [1.29, 1.82) is 0 Å². The molecule has 0 radical (unpaired) electrons. The maximum Gasteiger partial charge on any atom is 0.175 e. The Balaban J connectivity index is 1.57. The van der Waals surface area contributed by atoms with Crippen molar-refractivity contribution in [3.05, 3.63) is 46.2 Å². The molecule has 0 aromatic carbocycles. The molecular formula is C14H16N6S. The van der Waals surface area contributed by atoms with E-state index in [4.69, 9.17) is 0 Å². The average Bonchev–Trinajstić information content (AvgIpc) is 3.09. The van der Waals surface area contributed by atoms with Crippen LogP contribution in [0.4, 0.5) is 5.82 Å². The Kier molecular flexibility index (Phi) is 3.92. The zero-order valence-corrected chi connectivity index (χ0v) is 12.8. The highest BCUT2D eigenvalue weighted by atomic mass is 32.1. The first-order chi connectivity index (χ1) is 10.2. The smallest absolute Gasteiger partial charge is 0.175 e. The molecule has 21 heavy (non-hydrogen) atoms.